The molecule has 1 N–H and O–H groups in total. The second kappa shape index (κ2) is 12.3. The number of amides is 4. The van der Waals surface area contributed by atoms with E-state index in [9.17, 15) is 42.5 Å². The summed E-state index contributed by atoms with van der Waals surface area (Å²) in [5, 5.41) is 20.6. The number of allylic oxidation sites excluding steroid dienone is 2. The van der Waals surface area contributed by atoms with E-state index in [2.05, 4.69) is 0 Å². The van der Waals surface area contributed by atoms with Crippen molar-refractivity contribution in [3.05, 3.63) is 105 Å². The molecule has 6 unspecified atom stereocenters. The zero-order valence-electron chi connectivity index (χ0n) is 26.1. The van der Waals surface area contributed by atoms with E-state index in [0.29, 0.717) is 0 Å². The minimum Gasteiger partial charge on any atom is -0.491 e. The molecule has 2 aliphatic heterocycles. The quantitative estimate of drug-likeness (QED) is 0.0490. The molecule has 18 heteroatoms. The van der Waals surface area contributed by atoms with E-state index in [-0.39, 0.29) is 47.1 Å². The minimum absolute atomic E-state index is 0.0929. The number of anilines is 2. The topological polar surface area (TPSA) is 147 Å². The van der Waals surface area contributed by atoms with Gasteiger partial charge in [0.25, 0.3) is 17.5 Å². The molecule has 6 atom stereocenters. The van der Waals surface area contributed by atoms with Crippen molar-refractivity contribution >= 4 is 63.9 Å². The Labute approximate surface area is 299 Å². The van der Waals surface area contributed by atoms with Crippen LogP contribution < -0.4 is 14.5 Å². The van der Waals surface area contributed by atoms with Crippen molar-refractivity contribution in [3.63, 3.8) is 0 Å². The number of aliphatic hydroxyl groups is 1. The fourth-order valence-corrected chi connectivity index (χ4v) is 8.80. The molecule has 0 aromatic heterocycles. The monoisotopic (exact) mass is 765 g/mol. The summed E-state index contributed by atoms with van der Waals surface area (Å²) < 4.78 is 78.7. The van der Waals surface area contributed by atoms with E-state index in [1.165, 1.54) is 42.5 Å². The number of alkyl halides is 2. The number of nitro groups is 1. The first kappa shape index (κ1) is 35.5. The molecule has 7 rings (SSSR count). The minimum atomic E-state index is -2.71. The van der Waals surface area contributed by atoms with Crippen molar-refractivity contribution in [2.45, 2.75) is 28.5 Å². The lowest BCUT2D eigenvalue weighted by Gasteiger charge is -2.50. The molecule has 11 nitrogen and oxygen atoms in total. The van der Waals surface area contributed by atoms with Crippen molar-refractivity contribution in [2.75, 3.05) is 23.0 Å². The van der Waals surface area contributed by atoms with Gasteiger partial charge in [-0.25, -0.2) is 31.8 Å². The number of fused-ring (bicyclic) bond motifs is 4. The van der Waals surface area contributed by atoms with Gasteiger partial charge >= 0.3 is 0 Å². The average Bonchev–Trinajstić information content (AvgIpc) is 3.47. The van der Waals surface area contributed by atoms with E-state index >= 15 is 8.78 Å². The maximum Gasteiger partial charge on any atom is 0.271 e. The Balaban J connectivity index is 1.40. The lowest BCUT2D eigenvalue weighted by atomic mass is 9.56. The van der Waals surface area contributed by atoms with Crippen molar-refractivity contribution in [3.8, 4) is 5.75 Å². The maximum absolute atomic E-state index is 15.2. The number of imide groups is 2. The summed E-state index contributed by atoms with van der Waals surface area (Å²) >= 11 is 14.2. The van der Waals surface area contributed by atoms with Crippen LogP contribution in [0.3, 0.4) is 0 Å². The third-order valence-corrected chi connectivity index (χ3v) is 11.5. The van der Waals surface area contributed by atoms with Crippen LogP contribution in [0.5, 0.6) is 5.75 Å². The molecular weight excluding hydrogens is 744 g/mol. The average molecular weight is 766 g/mol. The van der Waals surface area contributed by atoms with E-state index in [1.54, 1.807) is 0 Å². The van der Waals surface area contributed by atoms with Crippen LogP contribution in [-0.4, -0.2) is 56.6 Å². The number of carbonyl (C=O) groups excluding carboxylic acids is 4. The second-order valence-electron chi connectivity index (χ2n) is 12.6. The van der Waals surface area contributed by atoms with Crippen LogP contribution >= 0.6 is 23.2 Å². The van der Waals surface area contributed by atoms with Gasteiger partial charge in [-0.2, -0.15) is 0 Å². The molecule has 0 bridgehead atoms. The normalized spacial score (nSPS) is 28.1. The van der Waals surface area contributed by atoms with Crippen LogP contribution in [-0.2, 0) is 19.2 Å². The fourth-order valence-electron chi connectivity index (χ4n) is 7.86. The number of benzene rings is 3. The molecule has 4 aliphatic rings. The predicted octanol–water partition coefficient (Wildman–Crippen LogP) is 5.43. The molecule has 1 saturated carbocycles. The van der Waals surface area contributed by atoms with Crippen molar-refractivity contribution in [2.24, 2.45) is 17.8 Å². The molecule has 2 heterocycles. The molecule has 2 aliphatic carbocycles. The summed E-state index contributed by atoms with van der Waals surface area (Å²) in [5.74, 6) is -22.0. The highest BCUT2D eigenvalue weighted by molar-refractivity contribution is 6.58. The van der Waals surface area contributed by atoms with E-state index < -0.39 is 109 Å². The first-order chi connectivity index (χ1) is 24.6. The van der Waals surface area contributed by atoms with Gasteiger partial charge in [0, 0.05) is 18.1 Å². The van der Waals surface area contributed by atoms with E-state index in [4.69, 9.17) is 33.0 Å². The SMILES string of the molecule is O=C1C2CC=C3C(CC4(Cl)C(=O)N(c5c(F)c(F)c(F)c(F)c5F)C(=O)C4(Cl)C3c3ccc(OCCO)cc3)C2C(=O)N1c1cccc([N+](=O)[O-])c1. The Morgan fingerprint density at radius 3 is 2.12 bits per heavy atom. The summed E-state index contributed by atoms with van der Waals surface area (Å²) in [7, 11) is 0. The Kier molecular flexibility index (Phi) is 8.42. The van der Waals surface area contributed by atoms with Crippen LogP contribution in [0.25, 0.3) is 0 Å². The first-order valence-electron chi connectivity index (χ1n) is 15.5. The largest absolute Gasteiger partial charge is 0.491 e. The molecular formula is C34H22Cl2F5N3O8. The number of nitrogens with zero attached hydrogens (tertiary/aromatic N) is 3. The van der Waals surface area contributed by atoms with Gasteiger partial charge in [0.1, 0.15) is 18.0 Å². The summed E-state index contributed by atoms with van der Waals surface area (Å²) in [5.41, 5.74) is -2.04. The number of rotatable bonds is 7. The van der Waals surface area contributed by atoms with Crippen molar-refractivity contribution < 1.29 is 55.9 Å². The van der Waals surface area contributed by atoms with Gasteiger partial charge in [0.2, 0.25) is 17.6 Å². The zero-order valence-corrected chi connectivity index (χ0v) is 27.6. The third kappa shape index (κ3) is 4.73. The Bertz CT molecular complexity index is 2130. The van der Waals surface area contributed by atoms with Crippen LogP contribution in [0, 0.1) is 57.0 Å². The van der Waals surface area contributed by atoms with Crippen molar-refractivity contribution in [1.82, 2.24) is 0 Å². The number of halogens is 7. The Morgan fingerprint density at radius 2 is 1.50 bits per heavy atom. The van der Waals surface area contributed by atoms with E-state index in [0.717, 1.165) is 17.0 Å². The van der Waals surface area contributed by atoms with Gasteiger partial charge in [0.15, 0.2) is 33.0 Å². The van der Waals surface area contributed by atoms with Crippen LogP contribution in [0.2, 0.25) is 0 Å². The number of hydrogen-bond donors (Lipinski definition) is 1. The van der Waals surface area contributed by atoms with Gasteiger partial charge < -0.3 is 9.84 Å². The molecule has 0 spiro atoms. The smallest absolute Gasteiger partial charge is 0.271 e. The highest BCUT2D eigenvalue weighted by atomic mass is 35.5. The molecule has 3 fully saturated rings. The summed E-state index contributed by atoms with van der Waals surface area (Å²) in [6, 6.07) is 10.4. The lowest BCUT2D eigenvalue weighted by Crippen LogP contribution is -2.60. The number of aliphatic hydroxyl groups excluding tert-OH is 1. The molecule has 4 amide bonds. The first-order valence-corrected chi connectivity index (χ1v) is 16.3. The summed E-state index contributed by atoms with van der Waals surface area (Å²) in [4.78, 5) is 62.4. The molecule has 2 saturated heterocycles. The highest BCUT2D eigenvalue weighted by Crippen LogP contribution is 2.66. The number of hydrogen-bond acceptors (Lipinski definition) is 8. The standard InChI is InChI=1S/C34H22Cl2F5N3O8/c35-33-13-20-18(8-9-19-21(20)30(47)42(29(19)46)15-2-1-3-16(12-15)44(50)51)22(14-4-6-17(7-5-14)52-11-10-45)34(33,36)32(49)43(31(33)48)28-26(40)24(38)23(37)25(39)27(28)41/h1-8,12,19-22,45H,9-11,13H2. The van der Waals surface area contributed by atoms with Crippen LogP contribution in [0.1, 0.15) is 24.3 Å². The maximum atomic E-state index is 15.2. The molecule has 270 valence electrons. The summed E-state index contributed by atoms with van der Waals surface area (Å²) in [6.07, 6.45) is 0.693. The van der Waals surface area contributed by atoms with Crippen LogP contribution in [0.15, 0.2) is 60.2 Å². The number of ether oxygens (including phenoxy) is 1. The fraction of sp³-hybridized carbons (Fsp3) is 0.294. The zero-order chi connectivity index (χ0) is 37.6. The van der Waals surface area contributed by atoms with E-state index in [1.807, 2.05) is 0 Å². The van der Waals surface area contributed by atoms with Gasteiger partial charge in [-0.05, 0) is 42.5 Å². The third-order valence-electron chi connectivity index (χ3n) is 10.1. The lowest BCUT2D eigenvalue weighted by molar-refractivity contribution is -0.384. The van der Waals surface area contributed by atoms with Gasteiger partial charge in [0.05, 0.1) is 29.1 Å². The van der Waals surface area contributed by atoms with Gasteiger partial charge in [-0.15, -0.1) is 23.2 Å². The molecule has 3 aromatic carbocycles. The summed E-state index contributed by atoms with van der Waals surface area (Å²) in [6.45, 7) is -0.421. The van der Waals surface area contributed by atoms with Crippen LogP contribution in [0.4, 0.5) is 39.0 Å². The van der Waals surface area contributed by atoms with Crippen molar-refractivity contribution in [1.29, 1.82) is 0 Å². The van der Waals surface area contributed by atoms with Gasteiger partial charge in [-0.3, -0.25) is 29.3 Å². The highest BCUT2D eigenvalue weighted by Gasteiger charge is 2.77. The van der Waals surface area contributed by atoms with Gasteiger partial charge in [-0.1, -0.05) is 29.8 Å². The Hall–Kier alpha value is -4.93. The number of nitro benzene ring substituents is 1. The Morgan fingerprint density at radius 1 is 0.865 bits per heavy atom. The molecule has 52 heavy (non-hydrogen) atoms. The number of non-ortho nitro benzene ring substituents is 1. The number of carbonyl (C=O) groups is 4. The molecule has 0 radical (unpaired) electrons. The predicted molar refractivity (Wildman–Crippen MR) is 171 cm³/mol. The molecule has 3 aromatic rings. The second-order valence-corrected chi connectivity index (χ2v) is 13.9.